The van der Waals surface area contributed by atoms with Crippen molar-refractivity contribution in [3.63, 3.8) is 0 Å². The second-order valence-corrected chi connectivity index (χ2v) is 10.7. The van der Waals surface area contributed by atoms with Crippen molar-refractivity contribution < 1.29 is 18.0 Å². The Balaban J connectivity index is 1.28. The van der Waals surface area contributed by atoms with E-state index in [1.54, 1.807) is 11.3 Å². The molecule has 0 bridgehead atoms. The van der Waals surface area contributed by atoms with Crippen LogP contribution in [0.2, 0.25) is 0 Å². The molecule has 0 aromatic carbocycles. The van der Waals surface area contributed by atoms with E-state index < -0.39 is 24.7 Å². The molecule has 15 heteroatoms. The Morgan fingerprint density at radius 3 is 2.51 bits per heavy atom. The van der Waals surface area contributed by atoms with Gasteiger partial charge in [-0.05, 0) is 26.0 Å². The van der Waals surface area contributed by atoms with Crippen LogP contribution >= 0.6 is 22.7 Å². The highest BCUT2D eigenvalue weighted by Gasteiger charge is 2.48. The van der Waals surface area contributed by atoms with Gasteiger partial charge in [-0.25, -0.2) is 24.9 Å². The summed E-state index contributed by atoms with van der Waals surface area (Å²) in [5.74, 6) is -0.303. The maximum Gasteiger partial charge on any atom is 0.410 e. The Bertz CT molecular complexity index is 1530. The van der Waals surface area contributed by atoms with Gasteiger partial charge >= 0.3 is 6.18 Å². The lowest BCUT2D eigenvalue weighted by molar-refractivity contribution is -0.177. The molecule has 5 heterocycles. The molecule has 0 spiro atoms. The highest BCUT2D eigenvalue weighted by molar-refractivity contribution is 7.16. The lowest BCUT2D eigenvalue weighted by atomic mass is 10.1. The van der Waals surface area contributed by atoms with Gasteiger partial charge in [0.1, 0.15) is 17.9 Å². The molecule has 1 aliphatic heterocycles. The monoisotopic (exact) mass is 571 g/mol. The van der Waals surface area contributed by atoms with Crippen LogP contribution < -0.4 is 10.2 Å². The smallest absolute Gasteiger partial charge is 0.337 e. The van der Waals surface area contributed by atoms with E-state index in [1.807, 2.05) is 25.3 Å². The Labute approximate surface area is 228 Å². The number of hydrogen-bond donors (Lipinski definition) is 1. The average Bonchev–Trinajstić information content (AvgIpc) is 3.52. The summed E-state index contributed by atoms with van der Waals surface area (Å²) in [6.07, 6.45) is -0.929. The molecule has 1 aliphatic rings. The SMILES string of the molecule is Cc1nc(C)c(-c2csc(Nc3ccc(C(=O)N4CCN(c5ncc(C#N)cn5)CC4C(F)(F)F)cn3)n2)s1. The van der Waals surface area contributed by atoms with Crippen molar-refractivity contribution in [3.05, 3.63) is 57.9 Å². The molecule has 39 heavy (non-hydrogen) atoms. The quantitative estimate of drug-likeness (QED) is 0.367. The van der Waals surface area contributed by atoms with Crippen LogP contribution in [0.5, 0.6) is 0 Å². The fourth-order valence-electron chi connectivity index (χ4n) is 4.10. The third kappa shape index (κ3) is 5.66. The first-order chi connectivity index (χ1) is 18.6. The van der Waals surface area contributed by atoms with Gasteiger partial charge in [-0.15, -0.1) is 22.7 Å². The van der Waals surface area contributed by atoms with Crippen molar-refractivity contribution in [3.8, 4) is 16.6 Å². The molecular formula is C24H20F3N9OS2. The largest absolute Gasteiger partial charge is 0.410 e. The van der Waals surface area contributed by atoms with Crippen LogP contribution in [0.4, 0.5) is 30.1 Å². The molecule has 0 saturated carbocycles. The number of carbonyl (C=O) groups is 1. The first-order valence-corrected chi connectivity index (χ1v) is 13.3. The first-order valence-electron chi connectivity index (χ1n) is 11.6. The fourth-order valence-corrected chi connectivity index (χ4v) is 5.77. The standard InChI is InChI=1S/C24H20F3N9OS2/c1-13-20(39-14(2)32-13)17-12-38-23(33-17)34-19-4-3-16(10-29-19)21(37)36-6-5-35(11-18(36)24(25,26)27)22-30-8-15(7-28)9-31-22/h3-4,8-10,12,18H,5-6,11H2,1-2H3,(H,29,33,34). The maximum atomic E-state index is 14.0. The number of carbonyl (C=O) groups excluding carboxylic acids is 1. The molecule has 1 fully saturated rings. The number of thiazole rings is 2. The summed E-state index contributed by atoms with van der Waals surface area (Å²) in [6, 6.07) is 2.76. The molecule has 0 aliphatic carbocycles. The zero-order valence-electron chi connectivity index (χ0n) is 20.6. The Kier molecular flexibility index (Phi) is 7.15. The zero-order valence-corrected chi connectivity index (χ0v) is 22.2. The van der Waals surface area contributed by atoms with Crippen LogP contribution in [0.3, 0.4) is 0 Å². The lowest BCUT2D eigenvalue weighted by Gasteiger charge is -2.42. The fraction of sp³-hybridized carbons (Fsp3) is 0.292. The second-order valence-electron chi connectivity index (χ2n) is 8.63. The van der Waals surface area contributed by atoms with Crippen molar-refractivity contribution in [1.82, 2.24) is 29.8 Å². The minimum atomic E-state index is -4.67. The number of piperazine rings is 1. The summed E-state index contributed by atoms with van der Waals surface area (Å²) in [5.41, 5.74) is 1.93. The van der Waals surface area contributed by atoms with Gasteiger partial charge in [0, 0.05) is 24.7 Å². The number of aryl methyl sites for hydroxylation is 2. The highest BCUT2D eigenvalue weighted by atomic mass is 32.1. The molecule has 5 rings (SSSR count). The van der Waals surface area contributed by atoms with Gasteiger partial charge in [0.25, 0.3) is 5.91 Å². The van der Waals surface area contributed by atoms with Gasteiger partial charge < -0.3 is 15.1 Å². The topological polar surface area (TPSA) is 124 Å². The third-order valence-electron chi connectivity index (χ3n) is 5.96. The van der Waals surface area contributed by atoms with Gasteiger partial charge in [-0.1, -0.05) is 0 Å². The van der Waals surface area contributed by atoms with E-state index >= 15 is 0 Å². The van der Waals surface area contributed by atoms with Crippen LogP contribution in [0, 0.1) is 25.2 Å². The Morgan fingerprint density at radius 2 is 1.90 bits per heavy atom. The van der Waals surface area contributed by atoms with Crippen LogP contribution in [0.15, 0.2) is 36.1 Å². The van der Waals surface area contributed by atoms with Crippen molar-refractivity contribution in [2.45, 2.75) is 26.1 Å². The van der Waals surface area contributed by atoms with Crippen LogP contribution in [0.1, 0.15) is 26.6 Å². The van der Waals surface area contributed by atoms with Crippen LogP contribution in [-0.2, 0) is 0 Å². The van der Waals surface area contributed by atoms with E-state index in [9.17, 15) is 18.0 Å². The van der Waals surface area contributed by atoms with Crippen molar-refractivity contribution >= 4 is 45.5 Å². The van der Waals surface area contributed by atoms with Crippen molar-refractivity contribution in [2.75, 3.05) is 29.9 Å². The molecule has 200 valence electrons. The number of nitrogens with zero attached hydrogens (tertiary/aromatic N) is 8. The number of aromatic nitrogens is 5. The number of amides is 1. The maximum absolute atomic E-state index is 14.0. The van der Waals surface area contributed by atoms with E-state index in [1.165, 1.54) is 47.0 Å². The lowest BCUT2D eigenvalue weighted by Crippen LogP contribution is -2.61. The zero-order chi connectivity index (χ0) is 27.7. The van der Waals surface area contributed by atoms with E-state index in [4.69, 9.17) is 5.26 Å². The normalized spacial score (nSPS) is 15.7. The molecule has 1 saturated heterocycles. The van der Waals surface area contributed by atoms with E-state index in [0.717, 1.165) is 26.2 Å². The van der Waals surface area contributed by atoms with Gasteiger partial charge in [0.15, 0.2) is 5.13 Å². The van der Waals surface area contributed by atoms with E-state index in [-0.39, 0.29) is 30.2 Å². The summed E-state index contributed by atoms with van der Waals surface area (Å²) < 4.78 is 42.0. The van der Waals surface area contributed by atoms with Crippen LogP contribution in [-0.4, -0.2) is 67.6 Å². The number of nitrogens with one attached hydrogen (secondary N) is 1. The molecule has 0 radical (unpaired) electrons. The molecule has 1 amide bonds. The number of pyridine rings is 1. The third-order valence-corrected chi connectivity index (χ3v) is 7.81. The number of hydrogen-bond acceptors (Lipinski definition) is 11. The number of nitriles is 1. The summed E-state index contributed by atoms with van der Waals surface area (Å²) >= 11 is 2.93. The number of rotatable bonds is 5. The summed E-state index contributed by atoms with van der Waals surface area (Å²) in [6.45, 7) is 3.24. The second kappa shape index (κ2) is 10.5. The molecule has 1 unspecified atom stereocenters. The Morgan fingerprint density at radius 1 is 1.13 bits per heavy atom. The van der Waals surface area contributed by atoms with Gasteiger partial charge in [-0.2, -0.15) is 18.4 Å². The van der Waals surface area contributed by atoms with Crippen LogP contribution in [0.25, 0.3) is 10.6 Å². The first kappa shape index (κ1) is 26.4. The molecule has 1 N–H and O–H groups in total. The van der Waals surface area contributed by atoms with E-state index in [2.05, 4.69) is 30.2 Å². The minimum Gasteiger partial charge on any atom is -0.337 e. The van der Waals surface area contributed by atoms with Gasteiger partial charge in [-0.3, -0.25) is 4.79 Å². The summed E-state index contributed by atoms with van der Waals surface area (Å²) in [5, 5.41) is 15.4. The molecular weight excluding hydrogens is 551 g/mol. The molecule has 10 nitrogen and oxygen atoms in total. The van der Waals surface area contributed by atoms with Crippen molar-refractivity contribution in [1.29, 1.82) is 5.26 Å². The Hall–Kier alpha value is -4.16. The number of alkyl halides is 3. The van der Waals surface area contributed by atoms with Crippen molar-refractivity contribution in [2.24, 2.45) is 0 Å². The van der Waals surface area contributed by atoms with E-state index in [0.29, 0.717) is 10.9 Å². The molecule has 1 atom stereocenters. The predicted molar refractivity (Wildman–Crippen MR) is 140 cm³/mol. The highest BCUT2D eigenvalue weighted by Crippen LogP contribution is 2.33. The number of anilines is 3. The molecule has 4 aromatic heterocycles. The summed E-state index contributed by atoms with van der Waals surface area (Å²) in [7, 11) is 0. The molecule has 4 aromatic rings. The van der Waals surface area contributed by atoms with Gasteiger partial charge in [0.2, 0.25) is 5.95 Å². The predicted octanol–water partition coefficient (Wildman–Crippen LogP) is 4.58. The van der Waals surface area contributed by atoms with Gasteiger partial charge in [0.05, 0.1) is 51.3 Å². The summed E-state index contributed by atoms with van der Waals surface area (Å²) in [4.78, 5) is 37.4. The number of halogens is 3. The average molecular weight is 572 g/mol. The minimum absolute atomic E-state index is 0.0356.